The second-order valence-corrected chi connectivity index (χ2v) is 10.3. The average molecular weight is 521 g/mol. The summed E-state index contributed by atoms with van der Waals surface area (Å²) in [5.74, 6) is 0.0726. The molecular formula is C24H27Cl2FN6O2. The average Bonchev–Trinajstić information content (AvgIpc) is 3.47. The van der Waals surface area contributed by atoms with E-state index in [0.29, 0.717) is 36.5 Å². The molecule has 0 spiro atoms. The third-order valence-corrected chi connectivity index (χ3v) is 7.96. The van der Waals surface area contributed by atoms with Crippen LogP contribution in [0.5, 0.6) is 0 Å². The number of hydrogen-bond donors (Lipinski definition) is 3. The van der Waals surface area contributed by atoms with E-state index in [1.807, 2.05) is 24.1 Å². The predicted molar refractivity (Wildman–Crippen MR) is 129 cm³/mol. The number of hydrogen-bond acceptors (Lipinski definition) is 8. The zero-order valence-corrected chi connectivity index (χ0v) is 20.7. The molecular weight excluding hydrogens is 494 g/mol. The number of aromatic nitrogens is 2. The maximum atomic E-state index is 13.9. The van der Waals surface area contributed by atoms with Crippen molar-refractivity contribution in [2.45, 2.75) is 63.0 Å². The van der Waals surface area contributed by atoms with Crippen molar-refractivity contribution in [2.75, 3.05) is 18.0 Å². The van der Waals surface area contributed by atoms with Gasteiger partial charge in [0.25, 0.3) is 0 Å². The van der Waals surface area contributed by atoms with E-state index in [2.05, 4.69) is 26.9 Å². The molecule has 1 saturated carbocycles. The third-order valence-electron chi connectivity index (χ3n) is 7.30. The first-order valence-electron chi connectivity index (χ1n) is 11.8. The highest BCUT2D eigenvalue weighted by atomic mass is 35.5. The second kappa shape index (κ2) is 10.1. The van der Waals surface area contributed by atoms with Gasteiger partial charge in [-0.3, -0.25) is 5.43 Å². The molecule has 8 nitrogen and oxygen atoms in total. The molecule has 0 amide bonds. The Hall–Kier alpha value is -2.06. The van der Waals surface area contributed by atoms with E-state index in [1.54, 1.807) is 0 Å². The molecule has 1 aliphatic carbocycles. The van der Waals surface area contributed by atoms with Crippen LogP contribution in [0, 0.1) is 23.2 Å². The number of halogens is 3. The number of nitrogens with one attached hydrogen (secondary N) is 2. The Balaban J connectivity index is 1.31. The molecule has 3 aliphatic rings. The smallest absolute Gasteiger partial charge is 0.232 e. The summed E-state index contributed by atoms with van der Waals surface area (Å²) < 4.78 is 20.2. The number of fused-ring (bicyclic) bond motifs is 1. The number of anilines is 1. The van der Waals surface area contributed by atoms with Crippen LogP contribution in [0.3, 0.4) is 0 Å². The first-order chi connectivity index (χ1) is 16.9. The lowest BCUT2D eigenvalue weighted by atomic mass is 9.78. The molecule has 2 aromatic rings. The Morgan fingerprint density at radius 1 is 1.26 bits per heavy atom. The van der Waals surface area contributed by atoms with Crippen LogP contribution in [0.2, 0.25) is 10.0 Å². The molecule has 0 bridgehead atoms. The van der Waals surface area contributed by atoms with Gasteiger partial charge in [0.1, 0.15) is 16.9 Å². The normalized spacial score (nSPS) is 29.1. The number of aliphatic hydroxyl groups excluding tert-OH is 1. The second-order valence-electron chi connectivity index (χ2n) is 9.51. The lowest BCUT2D eigenvalue weighted by Gasteiger charge is -2.35. The van der Waals surface area contributed by atoms with Gasteiger partial charge in [-0.2, -0.15) is 9.65 Å². The molecule has 2 saturated heterocycles. The quantitative estimate of drug-likeness (QED) is 0.510. The van der Waals surface area contributed by atoms with Gasteiger partial charge in [-0.05, 0) is 50.2 Å². The third kappa shape index (κ3) is 4.84. The summed E-state index contributed by atoms with van der Waals surface area (Å²) in [5, 5.41) is 19.8. The fourth-order valence-electron chi connectivity index (χ4n) is 5.57. The van der Waals surface area contributed by atoms with E-state index in [-0.39, 0.29) is 40.3 Å². The van der Waals surface area contributed by atoms with Crippen molar-refractivity contribution >= 4 is 29.0 Å². The SMILES string of the molecule is C[C@@H](OC1CCC2NNC(c3cnc(N4CC[C@H](O)C4)c(C#N)c3)C2C1)c1c(Cl)cnc(F)c1Cl. The van der Waals surface area contributed by atoms with Crippen molar-refractivity contribution < 1.29 is 14.2 Å². The van der Waals surface area contributed by atoms with Crippen LogP contribution in [0.4, 0.5) is 10.2 Å². The highest BCUT2D eigenvalue weighted by molar-refractivity contribution is 6.35. The minimum atomic E-state index is -0.762. The number of nitrogens with zero attached hydrogens (tertiary/aromatic N) is 4. The van der Waals surface area contributed by atoms with Crippen molar-refractivity contribution in [2.24, 2.45) is 5.92 Å². The number of pyridine rings is 2. The van der Waals surface area contributed by atoms with Crippen molar-refractivity contribution in [3.05, 3.63) is 51.1 Å². The van der Waals surface area contributed by atoms with Gasteiger partial charge in [-0.15, -0.1) is 0 Å². The van der Waals surface area contributed by atoms with Gasteiger partial charge in [0, 0.05) is 37.1 Å². The Morgan fingerprint density at radius 2 is 2.09 bits per heavy atom. The van der Waals surface area contributed by atoms with Crippen molar-refractivity contribution in [3.8, 4) is 6.07 Å². The number of rotatable bonds is 5. The maximum absolute atomic E-state index is 13.9. The number of β-amino-alcohol motifs (C(OH)–C–C–N with tert-alkyl or cyclic N) is 1. The fraction of sp³-hybridized carbons (Fsp3) is 0.542. The first-order valence-corrected chi connectivity index (χ1v) is 12.6. The van der Waals surface area contributed by atoms with E-state index in [4.69, 9.17) is 27.9 Å². The van der Waals surface area contributed by atoms with Gasteiger partial charge in [0.15, 0.2) is 0 Å². The Bertz CT molecular complexity index is 1150. The lowest BCUT2D eigenvalue weighted by molar-refractivity contribution is -0.0371. The zero-order chi connectivity index (χ0) is 24.7. The molecule has 5 rings (SSSR count). The van der Waals surface area contributed by atoms with Crippen LogP contribution in [-0.4, -0.2) is 46.4 Å². The lowest BCUT2D eigenvalue weighted by Crippen LogP contribution is -2.37. The highest BCUT2D eigenvalue weighted by Crippen LogP contribution is 2.42. The van der Waals surface area contributed by atoms with Gasteiger partial charge in [-0.25, -0.2) is 15.4 Å². The number of ether oxygens (including phenoxy) is 1. The summed E-state index contributed by atoms with van der Waals surface area (Å²) in [6.07, 6.45) is 5.31. The van der Waals surface area contributed by atoms with Crippen LogP contribution in [0.15, 0.2) is 18.5 Å². The van der Waals surface area contributed by atoms with Crippen molar-refractivity contribution in [1.29, 1.82) is 5.26 Å². The Morgan fingerprint density at radius 3 is 2.83 bits per heavy atom. The van der Waals surface area contributed by atoms with Gasteiger partial charge >= 0.3 is 0 Å². The van der Waals surface area contributed by atoms with Crippen LogP contribution in [0.1, 0.15) is 61.4 Å². The first kappa shape index (κ1) is 24.6. The number of hydrazine groups is 1. The van der Waals surface area contributed by atoms with Gasteiger partial charge in [0.2, 0.25) is 5.95 Å². The zero-order valence-electron chi connectivity index (χ0n) is 19.2. The van der Waals surface area contributed by atoms with Crippen LogP contribution in [0.25, 0.3) is 0 Å². The Labute approximate surface area is 213 Å². The molecule has 35 heavy (non-hydrogen) atoms. The topological polar surface area (TPSA) is 106 Å². The van der Waals surface area contributed by atoms with Crippen LogP contribution < -0.4 is 15.8 Å². The standard InChI is InChI=1S/C24H27Cl2FN6O2/c1-12(20-18(25)10-29-23(27)21(20)26)35-16-2-3-19-17(7-16)22(32-31-19)14-6-13(8-28)24(30-9-14)33-5-4-15(34)11-33/h6,9-10,12,15-17,19,22,31-32,34H,2-5,7,11H2,1H3/t12-,15+,16?,17?,19?,22?/m1/s1. The fourth-order valence-corrected chi connectivity index (χ4v) is 6.22. The minimum absolute atomic E-state index is 0.0370. The summed E-state index contributed by atoms with van der Waals surface area (Å²) in [6, 6.07) is 4.39. The van der Waals surface area contributed by atoms with Gasteiger partial charge < -0.3 is 14.7 Å². The van der Waals surface area contributed by atoms with Crippen molar-refractivity contribution in [3.63, 3.8) is 0 Å². The largest absolute Gasteiger partial charge is 0.391 e. The molecule has 2 aromatic heterocycles. The van der Waals surface area contributed by atoms with Gasteiger partial charge in [0.05, 0.1) is 34.9 Å². The Kier molecular flexibility index (Phi) is 7.13. The molecule has 0 aromatic carbocycles. The highest BCUT2D eigenvalue weighted by Gasteiger charge is 2.42. The van der Waals surface area contributed by atoms with E-state index >= 15 is 0 Å². The molecule has 0 radical (unpaired) electrons. The summed E-state index contributed by atoms with van der Waals surface area (Å²) >= 11 is 12.4. The van der Waals surface area contributed by atoms with Crippen molar-refractivity contribution in [1.82, 2.24) is 20.8 Å². The van der Waals surface area contributed by atoms with Gasteiger partial charge in [-0.1, -0.05) is 23.2 Å². The molecule has 3 N–H and O–H groups in total. The maximum Gasteiger partial charge on any atom is 0.232 e. The summed E-state index contributed by atoms with van der Waals surface area (Å²) in [5.41, 5.74) is 8.62. The molecule has 186 valence electrons. The van der Waals surface area contributed by atoms with Crippen LogP contribution >= 0.6 is 23.2 Å². The predicted octanol–water partition coefficient (Wildman–Crippen LogP) is 3.83. The van der Waals surface area contributed by atoms with E-state index in [0.717, 1.165) is 24.8 Å². The molecule has 11 heteroatoms. The molecule has 4 heterocycles. The van der Waals surface area contributed by atoms with Crippen LogP contribution in [-0.2, 0) is 4.74 Å². The summed E-state index contributed by atoms with van der Waals surface area (Å²) in [4.78, 5) is 10.1. The summed E-state index contributed by atoms with van der Waals surface area (Å²) in [6.45, 7) is 2.99. The number of aliphatic hydroxyl groups is 1. The monoisotopic (exact) mass is 520 g/mol. The molecule has 3 fully saturated rings. The molecule has 4 unspecified atom stereocenters. The summed E-state index contributed by atoms with van der Waals surface area (Å²) in [7, 11) is 0. The molecule has 2 aliphatic heterocycles. The van der Waals surface area contributed by atoms with E-state index in [1.165, 1.54) is 6.20 Å². The molecule has 6 atom stereocenters. The van der Waals surface area contributed by atoms with E-state index < -0.39 is 12.1 Å². The van der Waals surface area contributed by atoms with E-state index in [9.17, 15) is 14.8 Å². The minimum Gasteiger partial charge on any atom is -0.391 e. The number of nitriles is 1.